The number of halogens is 1. The number of aryl methyl sites for hydroxylation is 1. The van der Waals surface area contributed by atoms with E-state index in [1.165, 1.54) is 27.7 Å². The van der Waals surface area contributed by atoms with Crippen LogP contribution in [0, 0.1) is 18.7 Å². The number of aliphatic hydroxyl groups is 3. The fourth-order valence-electron chi connectivity index (χ4n) is 12.6. The summed E-state index contributed by atoms with van der Waals surface area (Å²) in [6.07, 6.45) is 1.44. The smallest absolute Gasteiger partial charge is 0.407 e. The number of hydrogen-bond donors (Lipinski definition) is 13. The van der Waals surface area contributed by atoms with Crippen molar-refractivity contribution in [2.75, 3.05) is 70.8 Å². The standard InChI is InChI=1S/C67H85FN12O20/c1-5-67(98)43-25-48-61-41(29-80(48)64(95)42(43)35-99-65(67)96)59-45(18-17-40-37(4)44(68)26-47(73-61)58(40)59)75-66(97)100-34-38-13-15-39(16-14-38)72-62(93)46(11-8-9-21-69-52(84)30-77(31-55(87)88)23-24-78(32-56(89)90)33-57(91)92)74-63(94)60(36(2)3)76-51(83)28-71-50(82)27-70-49(81)12-7-6-10-22-79-53(85)19-20-54(79)86/h13-16,19-20,25-26,36,45-46,50,60,63,71,74,82,94,98H,5-12,17-18,21-24,27-35H2,1-4H3,(H,69,84)(H,70,81)(H,72,93)(H,75,97)(H,76,83)(H,87,88)(H,89,90)(H,91,92)/t45-,46-,50?,60-,63?,67-/m0/s1. The van der Waals surface area contributed by atoms with Crippen LogP contribution in [0.15, 0.2) is 53.3 Å². The van der Waals surface area contributed by atoms with Crippen LogP contribution < -0.4 is 42.8 Å². The number of esters is 1. The Kier molecular flexibility index (Phi) is 26.2. The number of imide groups is 1. The molecule has 0 radical (unpaired) electrons. The Morgan fingerprint density at radius 3 is 2.14 bits per heavy atom. The van der Waals surface area contributed by atoms with Gasteiger partial charge in [-0.05, 0) is 105 Å². The fourth-order valence-corrected chi connectivity index (χ4v) is 12.6. The van der Waals surface area contributed by atoms with Gasteiger partial charge in [0.1, 0.15) is 31.5 Å². The quantitative estimate of drug-likeness (QED) is 0.0110. The number of aliphatic carboxylic acids is 3. The first-order valence-corrected chi connectivity index (χ1v) is 33.0. The maximum atomic E-state index is 15.6. The Balaban J connectivity index is 0.882. The van der Waals surface area contributed by atoms with Gasteiger partial charge in [0.05, 0.1) is 86.4 Å². The maximum Gasteiger partial charge on any atom is 0.407 e. The van der Waals surface area contributed by atoms with E-state index >= 15 is 4.39 Å². The number of carboxylic acid groups (broad SMARTS) is 3. The van der Waals surface area contributed by atoms with Gasteiger partial charge in [-0.15, -0.1) is 0 Å². The molecule has 13 N–H and O–H groups in total. The first kappa shape index (κ1) is 76.1. The lowest BCUT2D eigenvalue weighted by molar-refractivity contribution is -0.172. The van der Waals surface area contributed by atoms with Crippen molar-refractivity contribution >= 4 is 82.0 Å². The highest BCUT2D eigenvalue weighted by molar-refractivity contribution is 6.12. The van der Waals surface area contributed by atoms with Gasteiger partial charge in [-0.25, -0.2) is 19.0 Å². The molecule has 33 heteroatoms. The average Bonchev–Trinajstić information content (AvgIpc) is 1.50. The van der Waals surface area contributed by atoms with E-state index in [1.807, 2.05) is 0 Å². The van der Waals surface area contributed by atoms with Crippen LogP contribution in [-0.2, 0) is 89.2 Å². The highest BCUT2D eigenvalue weighted by Crippen LogP contribution is 2.46. The minimum atomic E-state index is -2.09. The van der Waals surface area contributed by atoms with Gasteiger partial charge in [-0.2, -0.15) is 0 Å². The predicted octanol–water partition coefficient (Wildman–Crippen LogP) is 0.451. The summed E-state index contributed by atoms with van der Waals surface area (Å²) < 4.78 is 28.0. The zero-order valence-electron chi connectivity index (χ0n) is 55.9. The van der Waals surface area contributed by atoms with E-state index in [0.717, 1.165) is 9.80 Å². The summed E-state index contributed by atoms with van der Waals surface area (Å²) in [5.74, 6) is -8.77. The Morgan fingerprint density at radius 2 is 1.49 bits per heavy atom. The predicted molar refractivity (Wildman–Crippen MR) is 352 cm³/mol. The number of cyclic esters (lactones) is 1. The van der Waals surface area contributed by atoms with E-state index < -0.39 is 134 Å². The molecule has 4 aromatic rings. The number of carbonyl (C=O) groups excluding carboxylic acids is 8. The van der Waals surface area contributed by atoms with Crippen molar-refractivity contribution in [3.05, 3.63) is 104 Å². The number of aliphatic hydroxyl groups excluding tert-OH is 2. The number of alkyl carbamates (subject to hydrolysis) is 1. The number of carbonyl (C=O) groups is 11. The molecule has 0 bridgehead atoms. The maximum absolute atomic E-state index is 15.6. The molecule has 8 rings (SSSR count). The number of fused-ring (bicyclic) bond motifs is 5. The van der Waals surface area contributed by atoms with Gasteiger partial charge in [0.15, 0.2) is 5.60 Å². The molecule has 4 aliphatic rings. The van der Waals surface area contributed by atoms with Crippen LogP contribution in [0.2, 0.25) is 0 Å². The Bertz CT molecular complexity index is 3850. The summed E-state index contributed by atoms with van der Waals surface area (Å²) in [4.78, 5) is 160. The Morgan fingerprint density at radius 1 is 0.820 bits per heavy atom. The molecule has 7 amide bonds. The lowest BCUT2D eigenvalue weighted by Crippen LogP contribution is -2.58. The first-order chi connectivity index (χ1) is 47.5. The van der Waals surface area contributed by atoms with Crippen molar-refractivity contribution in [1.29, 1.82) is 0 Å². The van der Waals surface area contributed by atoms with Gasteiger partial charge in [0.25, 0.3) is 17.4 Å². The van der Waals surface area contributed by atoms with Crippen LogP contribution in [0.3, 0.4) is 0 Å². The zero-order valence-corrected chi connectivity index (χ0v) is 55.9. The second-order valence-electron chi connectivity index (χ2n) is 25.4. The molecular formula is C67H85FN12O20. The van der Waals surface area contributed by atoms with Gasteiger partial charge in [0.2, 0.25) is 23.6 Å². The molecule has 6 atom stereocenters. The number of nitrogens with one attached hydrogen (secondary N) is 7. The number of nitrogens with zero attached hydrogens (tertiary/aromatic N) is 5. The normalized spacial score (nSPS) is 17.1. The highest BCUT2D eigenvalue weighted by Gasteiger charge is 2.46. The van der Waals surface area contributed by atoms with E-state index in [4.69, 9.17) is 14.5 Å². The number of hydrogen-bond acceptors (Lipinski definition) is 22. The van der Waals surface area contributed by atoms with E-state index in [9.17, 15) is 88.2 Å². The monoisotopic (exact) mass is 1400 g/mol. The fraction of sp³-hybridized carbons (Fsp3) is 0.507. The van der Waals surface area contributed by atoms with E-state index in [0.29, 0.717) is 76.7 Å². The SMILES string of the molecule is CC[C@@]1(O)C(=O)OCc2c1cc1n(c2=O)Cc2c-1nc1cc(F)c(C)c3c1c2[C@@H](NC(=O)OCc1ccc(NC(=O)[C@H](CCCCNC(=O)CN(CCN(CC(=O)O)CC(=O)O)CC(=O)O)NC(O)[C@@H](NC(=O)CNC(O)CNC(=O)CCCCCN2C(=O)C=CC2=O)C(C)C)cc1)CC3. The number of anilines is 1. The molecule has 3 aliphatic heterocycles. The molecule has 32 nitrogen and oxygen atoms in total. The minimum Gasteiger partial charge on any atom is -0.480 e. The summed E-state index contributed by atoms with van der Waals surface area (Å²) >= 11 is 0. The van der Waals surface area contributed by atoms with E-state index in [-0.39, 0.29) is 125 Å². The number of pyridine rings is 2. The molecule has 2 aromatic carbocycles. The summed E-state index contributed by atoms with van der Waals surface area (Å²) in [6.45, 7) is 3.01. The number of amides is 7. The third-order valence-electron chi connectivity index (χ3n) is 17.9. The molecule has 2 unspecified atom stereocenters. The number of rotatable bonds is 38. The van der Waals surface area contributed by atoms with Crippen LogP contribution in [-0.4, -0.2) is 210 Å². The molecule has 1 aliphatic carbocycles. The minimum absolute atomic E-state index is 0.0194. The van der Waals surface area contributed by atoms with Crippen molar-refractivity contribution in [3.8, 4) is 11.4 Å². The van der Waals surface area contributed by atoms with Crippen LogP contribution in [0.1, 0.15) is 124 Å². The Labute approximate surface area is 573 Å². The summed E-state index contributed by atoms with van der Waals surface area (Å²) in [7, 11) is 0. The van der Waals surface area contributed by atoms with Crippen molar-refractivity contribution in [1.82, 2.24) is 56.2 Å². The second kappa shape index (κ2) is 34.4. The molecule has 0 saturated carbocycles. The highest BCUT2D eigenvalue weighted by atomic mass is 19.1. The van der Waals surface area contributed by atoms with Crippen molar-refractivity contribution in [2.24, 2.45) is 5.92 Å². The van der Waals surface area contributed by atoms with Crippen LogP contribution in [0.5, 0.6) is 0 Å². The van der Waals surface area contributed by atoms with Crippen molar-refractivity contribution in [2.45, 2.75) is 148 Å². The third-order valence-corrected chi connectivity index (χ3v) is 17.9. The second-order valence-corrected chi connectivity index (χ2v) is 25.4. The number of ether oxygens (including phenoxy) is 2. The molecule has 540 valence electrons. The summed E-state index contributed by atoms with van der Waals surface area (Å²) in [5, 5.41) is 81.5. The molecule has 2 aromatic heterocycles. The van der Waals surface area contributed by atoms with E-state index in [1.54, 1.807) is 58.0 Å². The average molecular weight is 1400 g/mol. The largest absolute Gasteiger partial charge is 0.480 e. The first-order valence-electron chi connectivity index (χ1n) is 33.0. The molecule has 0 spiro atoms. The summed E-state index contributed by atoms with van der Waals surface area (Å²) in [5.41, 5.74) is 1.67. The number of unbranched alkanes of at least 4 members (excludes halogenated alkanes) is 3. The lowest BCUT2D eigenvalue weighted by atomic mass is 9.81. The third kappa shape index (κ3) is 19.4. The van der Waals surface area contributed by atoms with Gasteiger partial charge < -0.3 is 71.3 Å². The number of aromatic nitrogens is 2. The van der Waals surface area contributed by atoms with Gasteiger partial charge in [-0.1, -0.05) is 39.3 Å². The van der Waals surface area contributed by atoms with Crippen molar-refractivity contribution in [3.63, 3.8) is 0 Å². The molecule has 100 heavy (non-hydrogen) atoms. The van der Waals surface area contributed by atoms with Gasteiger partial charge in [-0.3, -0.25) is 73.3 Å². The van der Waals surface area contributed by atoms with Gasteiger partial charge in [0, 0.05) is 73.0 Å². The Hall–Kier alpha value is -9.64. The van der Waals surface area contributed by atoms with Crippen LogP contribution >= 0.6 is 0 Å². The van der Waals surface area contributed by atoms with Crippen molar-refractivity contribution < 1.29 is 97.2 Å². The number of benzene rings is 2. The summed E-state index contributed by atoms with van der Waals surface area (Å²) in [6, 6.07) is 6.25. The van der Waals surface area contributed by atoms with Gasteiger partial charge >= 0.3 is 30.0 Å². The molecule has 0 fully saturated rings. The molecule has 0 saturated heterocycles. The topological polar surface area (TPSA) is 456 Å². The number of carboxylic acids is 3. The molecule has 5 heterocycles. The zero-order chi connectivity index (χ0) is 72.7. The lowest BCUT2D eigenvalue weighted by Gasteiger charge is -2.31. The molecular weight excluding hydrogens is 1310 g/mol. The van der Waals surface area contributed by atoms with Crippen LogP contribution in [0.4, 0.5) is 14.9 Å². The van der Waals surface area contributed by atoms with Crippen LogP contribution in [0.25, 0.3) is 22.3 Å². The van der Waals surface area contributed by atoms with E-state index in [2.05, 4.69) is 37.2 Å².